The standard InChI is InChI=1S/C38H40N6O8S2/c45-28-8-6-25(26-7-9-32(47)40-33(26)28)29(46)22-39-21-23-20-27-34(36-35(23)50-16-17-51-36)44(42-41-27)13-3-12-43-14-10-24(11-15-43)52-37(48)38(49,30-4-1-18-53-30)31-5-2-19-54-31/h1-2,4-9,18-20,24,29,39,45-46,49H,3,10-17,21-22H2,(H,40,47)/t29-/m0/s1. The number of likely N-dealkylation sites (tertiary alicyclic amines) is 1. The molecule has 282 valence electrons. The van der Waals surface area contributed by atoms with Crippen LogP contribution in [0.5, 0.6) is 17.2 Å². The first-order valence-corrected chi connectivity index (χ1v) is 19.7. The summed E-state index contributed by atoms with van der Waals surface area (Å²) in [6, 6.07) is 15.2. The number of H-pyrrole nitrogens is 1. The Morgan fingerprint density at radius 3 is 2.50 bits per heavy atom. The van der Waals surface area contributed by atoms with Crippen LogP contribution in [0.25, 0.3) is 21.9 Å². The summed E-state index contributed by atoms with van der Waals surface area (Å²) in [6.45, 7) is 4.35. The lowest BCUT2D eigenvalue weighted by Crippen LogP contribution is -2.43. The highest BCUT2D eigenvalue weighted by atomic mass is 32.1. The normalized spacial score (nSPS) is 15.9. The zero-order valence-electron chi connectivity index (χ0n) is 29.3. The SMILES string of the molecule is O=C(OC1CCN(CCCn2nnc3cc(CNC[C@H](O)c4ccc(O)c5[nH]c(=O)ccc45)c4c(c32)OCCO4)CC1)C(O)(c1cccs1)c1cccs1. The fraction of sp³-hybridized carbons (Fsp3) is 0.368. The fourth-order valence-electron chi connectivity index (χ4n) is 7.23. The van der Waals surface area contributed by atoms with Crippen molar-refractivity contribution in [2.45, 2.75) is 50.2 Å². The molecule has 0 bridgehead atoms. The van der Waals surface area contributed by atoms with Crippen molar-refractivity contribution >= 4 is 50.6 Å². The van der Waals surface area contributed by atoms with Crippen LogP contribution in [0.2, 0.25) is 0 Å². The van der Waals surface area contributed by atoms with Gasteiger partial charge in [-0.1, -0.05) is 23.4 Å². The number of aromatic amines is 1. The van der Waals surface area contributed by atoms with E-state index in [-0.39, 0.29) is 29.5 Å². The zero-order chi connectivity index (χ0) is 37.2. The van der Waals surface area contributed by atoms with E-state index in [1.165, 1.54) is 34.8 Å². The molecule has 1 fully saturated rings. The molecule has 0 saturated carbocycles. The summed E-state index contributed by atoms with van der Waals surface area (Å²) in [5.41, 5.74) is 0.989. The van der Waals surface area contributed by atoms with Crippen molar-refractivity contribution in [1.29, 1.82) is 0 Å². The predicted octanol–water partition coefficient (Wildman–Crippen LogP) is 4.03. The van der Waals surface area contributed by atoms with E-state index >= 15 is 0 Å². The Hall–Kier alpha value is -4.84. The van der Waals surface area contributed by atoms with Gasteiger partial charge in [-0.25, -0.2) is 9.48 Å². The summed E-state index contributed by atoms with van der Waals surface area (Å²) in [5, 5.41) is 49.3. The van der Waals surface area contributed by atoms with Gasteiger partial charge in [0.2, 0.25) is 11.2 Å². The summed E-state index contributed by atoms with van der Waals surface area (Å²) in [7, 11) is 0. The summed E-state index contributed by atoms with van der Waals surface area (Å²) < 4.78 is 20.0. The number of ether oxygens (including phenoxy) is 3. The second-order valence-electron chi connectivity index (χ2n) is 13.5. The van der Waals surface area contributed by atoms with Crippen molar-refractivity contribution in [2.24, 2.45) is 0 Å². The Labute approximate surface area is 317 Å². The number of aliphatic hydroxyl groups excluding tert-OH is 1. The first kappa shape index (κ1) is 36.2. The average Bonchev–Trinajstić information content (AvgIpc) is 4.00. The molecule has 54 heavy (non-hydrogen) atoms. The Kier molecular flexibility index (Phi) is 10.4. The van der Waals surface area contributed by atoms with Crippen LogP contribution in [0, 0.1) is 0 Å². The largest absolute Gasteiger partial charge is 0.506 e. The molecule has 0 radical (unpaired) electrons. The average molecular weight is 773 g/mol. The number of aromatic nitrogens is 4. The fourth-order valence-corrected chi connectivity index (χ4v) is 8.95. The third-order valence-electron chi connectivity index (χ3n) is 9.98. The second-order valence-corrected chi connectivity index (χ2v) is 15.4. The number of esters is 1. The van der Waals surface area contributed by atoms with Crippen LogP contribution in [-0.4, -0.2) is 91.7 Å². The minimum Gasteiger partial charge on any atom is -0.506 e. The number of thiophene rings is 2. The molecule has 2 aliphatic heterocycles. The third kappa shape index (κ3) is 7.08. The van der Waals surface area contributed by atoms with Crippen LogP contribution in [0.3, 0.4) is 0 Å². The van der Waals surface area contributed by atoms with Crippen molar-refractivity contribution in [3.63, 3.8) is 0 Å². The summed E-state index contributed by atoms with van der Waals surface area (Å²) in [6.07, 6.45) is 1.000. The highest BCUT2D eigenvalue weighted by Gasteiger charge is 2.45. The number of hydrogen-bond acceptors (Lipinski definition) is 14. The monoisotopic (exact) mass is 772 g/mol. The quantitative estimate of drug-likeness (QED) is 0.106. The number of aliphatic hydroxyl groups is 2. The van der Waals surface area contributed by atoms with Gasteiger partial charge in [-0.05, 0) is 72.5 Å². The van der Waals surface area contributed by atoms with Crippen LogP contribution in [0.1, 0.15) is 46.2 Å². The zero-order valence-corrected chi connectivity index (χ0v) is 30.9. The van der Waals surface area contributed by atoms with Gasteiger partial charge in [0, 0.05) is 49.7 Å². The van der Waals surface area contributed by atoms with Crippen LogP contribution in [0.15, 0.2) is 70.2 Å². The Morgan fingerprint density at radius 1 is 1.04 bits per heavy atom. The number of aromatic hydroxyl groups is 1. The molecular formula is C38H40N6O8S2. The number of carbonyl (C=O) groups excluding carboxylic acids is 1. The number of pyridine rings is 1. The summed E-state index contributed by atoms with van der Waals surface area (Å²) >= 11 is 2.67. The lowest BCUT2D eigenvalue weighted by Gasteiger charge is -2.33. The number of phenolic OH excluding ortho intramolecular Hbond substituents is 1. The summed E-state index contributed by atoms with van der Waals surface area (Å²) in [5.74, 6) is 0.528. The molecular weight excluding hydrogens is 733 g/mol. The van der Waals surface area contributed by atoms with Crippen LogP contribution in [-0.2, 0) is 28.2 Å². The number of fused-ring (bicyclic) bond motifs is 4. The van der Waals surface area contributed by atoms with Crippen molar-refractivity contribution in [1.82, 2.24) is 30.2 Å². The van der Waals surface area contributed by atoms with Crippen LogP contribution >= 0.6 is 22.7 Å². The number of nitrogens with zero attached hydrogens (tertiary/aromatic N) is 4. The topological polar surface area (TPSA) is 184 Å². The number of aryl methyl sites for hydroxylation is 1. The molecule has 6 heterocycles. The number of rotatable bonds is 13. The number of benzene rings is 2. The van der Waals surface area contributed by atoms with E-state index in [0.29, 0.717) is 76.9 Å². The van der Waals surface area contributed by atoms with Gasteiger partial charge in [-0.2, -0.15) is 0 Å². The van der Waals surface area contributed by atoms with E-state index in [2.05, 4.69) is 25.5 Å². The molecule has 0 amide bonds. The molecule has 8 rings (SSSR count). The van der Waals surface area contributed by atoms with Crippen molar-refractivity contribution in [3.05, 3.63) is 96.6 Å². The maximum atomic E-state index is 13.4. The van der Waals surface area contributed by atoms with Gasteiger partial charge in [0.1, 0.15) is 36.1 Å². The van der Waals surface area contributed by atoms with Crippen LogP contribution < -0.4 is 20.3 Å². The van der Waals surface area contributed by atoms with E-state index in [0.717, 1.165) is 37.1 Å². The highest BCUT2D eigenvalue weighted by molar-refractivity contribution is 7.12. The van der Waals surface area contributed by atoms with E-state index in [1.54, 1.807) is 24.3 Å². The minimum absolute atomic E-state index is 0.0628. The van der Waals surface area contributed by atoms with Gasteiger partial charge in [-0.15, -0.1) is 27.8 Å². The number of carbonyl (C=O) groups is 1. The Morgan fingerprint density at radius 2 is 1.78 bits per heavy atom. The van der Waals surface area contributed by atoms with E-state index in [1.807, 2.05) is 33.6 Å². The molecule has 2 aliphatic rings. The van der Waals surface area contributed by atoms with Crippen LogP contribution in [0.4, 0.5) is 0 Å². The molecule has 1 atom stereocenters. The minimum atomic E-state index is -1.80. The van der Waals surface area contributed by atoms with Crippen molar-refractivity contribution < 1.29 is 34.3 Å². The molecule has 6 aromatic rings. The molecule has 0 spiro atoms. The van der Waals surface area contributed by atoms with Gasteiger partial charge in [0.15, 0.2) is 11.5 Å². The predicted molar refractivity (Wildman–Crippen MR) is 203 cm³/mol. The highest BCUT2D eigenvalue weighted by Crippen LogP contribution is 2.41. The molecule has 4 aromatic heterocycles. The van der Waals surface area contributed by atoms with E-state index < -0.39 is 17.7 Å². The molecule has 5 N–H and O–H groups in total. The molecule has 2 aromatic carbocycles. The maximum Gasteiger partial charge on any atom is 0.349 e. The molecule has 14 nitrogen and oxygen atoms in total. The lowest BCUT2D eigenvalue weighted by molar-refractivity contribution is -0.169. The Balaban J connectivity index is 0.865. The second kappa shape index (κ2) is 15.5. The van der Waals surface area contributed by atoms with Gasteiger partial charge in [0.05, 0.1) is 21.4 Å². The Bertz CT molecular complexity index is 2270. The first-order chi connectivity index (χ1) is 26.3. The van der Waals surface area contributed by atoms with Gasteiger partial charge >= 0.3 is 5.97 Å². The molecule has 0 unspecified atom stereocenters. The number of piperidine rings is 1. The van der Waals surface area contributed by atoms with E-state index in [4.69, 9.17) is 14.2 Å². The summed E-state index contributed by atoms with van der Waals surface area (Å²) in [4.78, 5) is 31.3. The number of nitrogens with one attached hydrogen (secondary N) is 2. The molecule has 0 aliphatic carbocycles. The molecule has 16 heteroatoms. The first-order valence-electron chi connectivity index (χ1n) is 17.9. The van der Waals surface area contributed by atoms with E-state index in [9.17, 15) is 24.9 Å². The number of hydrogen-bond donors (Lipinski definition) is 5. The maximum absolute atomic E-state index is 13.4. The third-order valence-corrected chi connectivity index (χ3v) is 11.9. The van der Waals surface area contributed by atoms with Gasteiger partial charge in [-0.3, -0.25) is 4.79 Å². The lowest BCUT2D eigenvalue weighted by atomic mass is 9.99. The van der Waals surface area contributed by atoms with Gasteiger partial charge < -0.3 is 44.7 Å². The van der Waals surface area contributed by atoms with Gasteiger partial charge in [0.25, 0.3) is 0 Å². The molecule has 1 saturated heterocycles. The smallest absolute Gasteiger partial charge is 0.349 e. The van der Waals surface area contributed by atoms with Crippen molar-refractivity contribution in [3.8, 4) is 17.2 Å². The van der Waals surface area contributed by atoms with Crippen molar-refractivity contribution in [2.75, 3.05) is 39.4 Å². The number of phenols is 1.